The number of carbonyl (C=O) groups is 2. The predicted octanol–water partition coefficient (Wildman–Crippen LogP) is 6.47. The number of nitrogens with two attached hydrogens (primary N) is 1. The van der Waals surface area contributed by atoms with Crippen LogP contribution in [0.25, 0.3) is 11.3 Å². The molecular weight excluding hydrogens is 731 g/mol. The molecule has 0 fully saturated rings. The Morgan fingerprint density at radius 2 is 1.50 bits per heavy atom. The lowest BCUT2D eigenvalue weighted by Crippen LogP contribution is -2.21. The molecule has 282 valence electrons. The number of imidazole rings is 1. The number of ether oxygens (including phenoxy) is 1. The van der Waals surface area contributed by atoms with Crippen LogP contribution in [0.5, 0.6) is 5.75 Å². The lowest BCUT2D eigenvalue weighted by Gasteiger charge is -2.26. The molecule has 0 aliphatic carbocycles. The zero-order valence-electron chi connectivity index (χ0n) is 27.4. The largest absolute Gasteiger partial charge is 0.491 e. The molecule has 0 spiro atoms. The number of rotatable bonds is 10. The molecule has 4 aromatic rings. The van der Waals surface area contributed by atoms with Crippen molar-refractivity contribution in [2.45, 2.75) is 44.1 Å². The summed E-state index contributed by atoms with van der Waals surface area (Å²) in [5, 5.41) is 21.9. The number of benzene rings is 3. The molecule has 0 saturated carbocycles. The molecule has 20 heteroatoms. The van der Waals surface area contributed by atoms with Gasteiger partial charge in [-0.3, -0.25) is 5.41 Å². The summed E-state index contributed by atoms with van der Waals surface area (Å²) in [7, 11) is -3.47. The number of carboxylic acids is 2. The SMILES string of the molecule is CCOc1cc(CC)cc(N(Cc2ncc(-c3ccccc3S(C)(=O)=O)[nH]2)c2ccc(C(=N)N)cc2)c1F.O=C(O)C(F)(F)F.O=C(O)C(F)(F)F. The number of sulfone groups is 1. The van der Waals surface area contributed by atoms with Gasteiger partial charge in [0.1, 0.15) is 11.7 Å². The summed E-state index contributed by atoms with van der Waals surface area (Å²) < 4.78 is 109. The van der Waals surface area contributed by atoms with Gasteiger partial charge in [0.2, 0.25) is 0 Å². The summed E-state index contributed by atoms with van der Waals surface area (Å²) in [5.41, 5.74) is 9.06. The Labute approximate surface area is 292 Å². The van der Waals surface area contributed by atoms with Crippen LogP contribution in [0.15, 0.2) is 71.8 Å². The third-order valence-corrected chi connectivity index (χ3v) is 7.72. The maximum atomic E-state index is 15.8. The highest BCUT2D eigenvalue weighted by Crippen LogP contribution is 2.36. The number of carboxylic acid groups (broad SMARTS) is 2. The number of hydrogen-bond acceptors (Lipinski definition) is 8. The van der Waals surface area contributed by atoms with Crippen molar-refractivity contribution >= 4 is 39.0 Å². The first-order valence-electron chi connectivity index (χ1n) is 14.6. The van der Waals surface area contributed by atoms with Gasteiger partial charge in [-0.1, -0.05) is 25.1 Å². The van der Waals surface area contributed by atoms with Crippen LogP contribution < -0.4 is 15.4 Å². The van der Waals surface area contributed by atoms with E-state index in [1.165, 1.54) is 0 Å². The smallest absolute Gasteiger partial charge is 0.490 e. The van der Waals surface area contributed by atoms with E-state index >= 15 is 4.39 Å². The van der Waals surface area contributed by atoms with Crippen molar-refractivity contribution in [3.05, 3.63) is 89.6 Å². The van der Waals surface area contributed by atoms with Crippen molar-refractivity contribution in [3.8, 4) is 17.0 Å². The first-order chi connectivity index (χ1) is 24.0. The van der Waals surface area contributed by atoms with Crippen LogP contribution >= 0.6 is 0 Å². The number of nitrogen functional groups attached to an aromatic ring is 1. The average molecular weight is 764 g/mol. The number of alkyl halides is 6. The summed E-state index contributed by atoms with van der Waals surface area (Å²) in [6, 6.07) is 17.1. The molecule has 6 N–H and O–H groups in total. The van der Waals surface area contributed by atoms with Crippen LogP contribution in [-0.4, -0.2) is 71.6 Å². The number of hydrogen-bond donors (Lipinski definition) is 5. The molecule has 52 heavy (non-hydrogen) atoms. The standard InChI is InChI=1S/C28H30FN5O3S.2C2HF3O2/c1-4-18-14-23(27(29)24(15-18)37-5-2)34(20-12-10-19(11-13-20)28(30)31)17-26-32-16-22(33-26)21-8-6-7-9-25(21)38(3,35)36;2*3-2(4,5)1(6)7/h6-16H,4-5,17H2,1-3H3,(H3,30,31)(H,32,33);2*(H,6,7). The van der Waals surface area contributed by atoms with Crippen molar-refractivity contribution < 1.29 is 63.7 Å². The zero-order valence-corrected chi connectivity index (χ0v) is 28.3. The number of nitrogens with one attached hydrogen (secondary N) is 2. The van der Waals surface area contributed by atoms with Crippen LogP contribution in [0.2, 0.25) is 0 Å². The Morgan fingerprint density at radius 3 is 1.96 bits per heavy atom. The Morgan fingerprint density at radius 1 is 0.962 bits per heavy atom. The minimum absolute atomic E-state index is 0.0684. The Bertz CT molecular complexity index is 1960. The van der Waals surface area contributed by atoms with E-state index in [0.717, 1.165) is 11.8 Å². The third kappa shape index (κ3) is 12.0. The van der Waals surface area contributed by atoms with Crippen molar-refractivity contribution in [1.29, 1.82) is 5.41 Å². The van der Waals surface area contributed by atoms with Gasteiger partial charge in [-0.05, 0) is 61.4 Å². The van der Waals surface area contributed by atoms with Gasteiger partial charge in [0.15, 0.2) is 21.4 Å². The molecule has 0 atom stereocenters. The van der Waals surface area contributed by atoms with Crippen LogP contribution in [0.4, 0.5) is 42.1 Å². The van der Waals surface area contributed by atoms with Crippen LogP contribution in [0.1, 0.15) is 30.8 Å². The van der Waals surface area contributed by atoms with Gasteiger partial charge in [-0.15, -0.1) is 0 Å². The summed E-state index contributed by atoms with van der Waals surface area (Å²) >= 11 is 0. The average Bonchev–Trinajstić information content (AvgIpc) is 3.53. The molecule has 1 heterocycles. The Kier molecular flexibility index (Phi) is 14.3. The van der Waals surface area contributed by atoms with Gasteiger partial charge in [0.25, 0.3) is 0 Å². The molecule has 12 nitrogen and oxygen atoms in total. The quantitative estimate of drug-likeness (QED) is 0.0678. The lowest BCUT2D eigenvalue weighted by molar-refractivity contribution is -0.193. The molecule has 0 unspecified atom stereocenters. The number of aliphatic carboxylic acids is 2. The van der Waals surface area contributed by atoms with E-state index < -0.39 is 39.9 Å². The number of amidine groups is 1. The normalized spacial score (nSPS) is 11.3. The van der Waals surface area contributed by atoms with Gasteiger partial charge in [0, 0.05) is 23.1 Å². The van der Waals surface area contributed by atoms with E-state index in [4.69, 9.17) is 35.7 Å². The number of halogens is 7. The Hall–Kier alpha value is -5.66. The fraction of sp³-hybridized carbons (Fsp3) is 0.250. The molecule has 0 bridgehead atoms. The molecule has 0 aliphatic heterocycles. The van der Waals surface area contributed by atoms with E-state index in [2.05, 4.69) is 9.97 Å². The fourth-order valence-corrected chi connectivity index (χ4v) is 5.08. The van der Waals surface area contributed by atoms with Crippen molar-refractivity contribution in [1.82, 2.24) is 9.97 Å². The minimum Gasteiger partial charge on any atom is -0.491 e. The highest BCUT2D eigenvalue weighted by Gasteiger charge is 2.39. The van der Waals surface area contributed by atoms with E-state index in [0.29, 0.717) is 47.0 Å². The number of nitrogens with zero attached hydrogens (tertiary/aromatic N) is 2. The summed E-state index contributed by atoms with van der Waals surface area (Å²) in [5.74, 6) is -5.43. The van der Waals surface area contributed by atoms with E-state index in [1.807, 2.05) is 6.92 Å². The molecule has 0 aliphatic rings. The highest BCUT2D eigenvalue weighted by molar-refractivity contribution is 7.90. The summed E-state index contributed by atoms with van der Waals surface area (Å²) in [6.07, 6.45) is -6.76. The second kappa shape index (κ2) is 17.5. The third-order valence-electron chi connectivity index (χ3n) is 6.57. The molecule has 3 aromatic carbocycles. The highest BCUT2D eigenvalue weighted by atomic mass is 32.2. The van der Waals surface area contributed by atoms with Crippen LogP contribution in [0.3, 0.4) is 0 Å². The van der Waals surface area contributed by atoms with Gasteiger partial charge in [-0.2, -0.15) is 26.3 Å². The number of aryl methyl sites for hydroxylation is 1. The second-order valence-corrected chi connectivity index (χ2v) is 12.4. The number of anilines is 2. The monoisotopic (exact) mass is 763 g/mol. The summed E-state index contributed by atoms with van der Waals surface area (Å²) in [4.78, 5) is 27.4. The van der Waals surface area contributed by atoms with Gasteiger partial charge >= 0.3 is 24.3 Å². The fourth-order valence-electron chi connectivity index (χ4n) is 4.18. The van der Waals surface area contributed by atoms with Crippen molar-refractivity contribution in [2.24, 2.45) is 5.73 Å². The number of aromatic amines is 1. The van der Waals surface area contributed by atoms with E-state index in [-0.39, 0.29) is 23.0 Å². The molecular formula is C32H32F7N5O7S. The van der Waals surface area contributed by atoms with Crippen molar-refractivity contribution in [3.63, 3.8) is 0 Å². The summed E-state index contributed by atoms with van der Waals surface area (Å²) in [6.45, 7) is 4.25. The number of aromatic nitrogens is 2. The molecule has 1 aromatic heterocycles. The van der Waals surface area contributed by atoms with E-state index in [9.17, 15) is 34.8 Å². The lowest BCUT2D eigenvalue weighted by atomic mass is 10.1. The maximum Gasteiger partial charge on any atom is 0.490 e. The maximum absolute atomic E-state index is 15.8. The predicted molar refractivity (Wildman–Crippen MR) is 175 cm³/mol. The first kappa shape index (κ1) is 42.5. The van der Waals surface area contributed by atoms with Crippen LogP contribution in [-0.2, 0) is 32.4 Å². The first-order valence-corrected chi connectivity index (χ1v) is 16.5. The van der Waals surface area contributed by atoms with Gasteiger partial charge in [0.05, 0.1) is 35.6 Å². The van der Waals surface area contributed by atoms with Gasteiger partial charge in [-0.25, -0.2) is 27.4 Å². The molecule has 4 rings (SSSR count). The topological polar surface area (TPSA) is 200 Å². The zero-order chi connectivity index (χ0) is 39.6. The van der Waals surface area contributed by atoms with Gasteiger partial charge < -0.3 is 30.6 Å². The van der Waals surface area contributed by atoms with Crippen molar-refractivity contribution in [2.75, 3.05) is 17.8 Å². The molecule has 0 amide bonds. The molecule has 0 radical (unpaired) electrons. The molecule has 0 saturated heterocycles. The Balaban J connectivity index is 0.000000564. The second-order valence-electron chi connectivity index (χ2n) is 10.4. The van der Waals surface area contributed by atoms with Crippen LogP contribution in [0, 0.1) is 11.2 Å². The number of H-pyrrole nitrogens is 1. The van der Waals surface area contributed by atoms with E-state index in [1.54, 1.807) is 78.7 Å². The minimum atomic E-state index is -5.08.